The second kappa shape index (κ2) is 16.7. The number of fused-ring (bicyclic) bond motifs is 1. The topological polar surface area (TPSA) is 174 Å². The van der Waals surface area contributed by atoms with Gasteiger partial charge in [0.25, 0.3) is 5.91 Å². The number of carbonyl (C=O) groups excluding carboxylic acids is 7. The van der Waals surface area contributed by atoms with Gasteiger partial charge in [-0.2, -0.15) is 0 Å². The number of Topliss-reactive ketones (excluding diaryl/α,β-unsaturated/α-hetero) is 1. The summed E-state index contributed by atoms with van der Waals surface area (Å²) in [5, 5.41) is 11.4. The summed E-state index contributed by atoms with van der Waals surface area (Å²) in [6.45, 7) is 19.6. The van der Waals surface area contributed by atoms with Crippen molar-refractivity contribution < 1.29 is 33.6 Å². The number of amides is 7. The molecule has 0 aromatic heterocycles. The molecule has 2 aliphatic heterocycles. The summed E-state index contributed by atoms with van der Waals surface area (Å²) in [5.74, 6) is -3.11. The lowest BCUT2D eigenvalue weighted by atomic mass is 9.81. The van der Waals surface area contributed by atoms with E-state index in [0.717, 1.165) is 38.5 Å². The van der Waals surface area contributed by atoms with Gasteiger partial charge in [-0.3, -0.25) is 33.7 Å². The highest BCUT2D eigenvalue weighted by molar-refractivity contribution is 6.38. The second-order valence-corrected chi connectivity index (χ2v) is 18.1. The van der Waals surface area contributed by atoms with Crippen LogP contribution in [0.2, 0.25) is 0 Å². The molecule has 4 rings (SSSR count). The number of hydrogen-bond acceptors (Lipinski definition) is 7. The summed E-state index contributed by atoms with van der Waals surface area (Å²) >= 11 is 0. The monoisotopic (exact) mass is 740 g/mol. The molecular weight excluding hydrogens is 676 g/mol. The van der Waals surface area contributed by atoms with Crippen LogP contribution in [0.3, 0.4) is 0 Å². The molecule has 0 aromatic rings. The number of hydrogen-bond donors (Lipinski definition) is 4. The number of carbonyl (C=O) groups is 7. The number of nitrogens with zero attached hydrogens (tertiary/aromatic N) is 2. The maximum Gasteiger partial charge on any atom is 0.315 e. The third-order valence-electron chi connectivity index (χ3n) is 12.3. The largest absolute Gasteiger partial charge is 0.346 e. The van der Waals surface area contributed by atoms with Crippen molar-refractivity contribution >= 4 is 41.4 Å². The molecule has 296 valence electrons. The lowest BCUT2D eigenvalue weighted by molar-refractivity contribution is -0.157. The van der Waals surface area contributed by atoms with Crippen molar-refractivity contribution in [2.24, 2.45) is 34.0 Å². The summed E-state index contributed by atoms with van der Waals surface area (Å²) in [6, 6.07) is -4.00. The summed E-state index contributed by atoms with van der Waals surface area (Å²) in [4.78, 5) is 97.7. The fraction of sp³-hybridized carbons (Fsp3) is 0.775. The molecule has 7 amide bonds. The molecule has 0 bridgehead atoms. The molecule has 2 saturated carbocycles. The van der Waals surface area contributed by atoms with Crippen LogP contribution in [0.15, 0.2) is 12.7 Å². The molecule has 6 atom stereocenters. The van der Waals surface area contributed by atoms with Crippen molar-refractivity contribution in [2.75, 3.05) is 19.6 Å². The number of unbranched alkanes of at least 4 members (excludes halogenated alkanes) is 1. The second-order valence-electron chi connectivity index (χ2n) is 18.1. The maximum atomic E-state index is 14.7. The minimum absolute atomic E-state index is 0.0103. The first-order valence-corrected chi connectivity index (χ1v) is 19.7. The first-order chi connectivity index (χ1) is 24.8. The van der Waals surface area contributed by atoms with E-state index in [4.69, 9.17) is 0 Å². The Morgan fingerprint density at radius 2 is 1.64 bits per heavy atom. The lowest BCUT2D eigenvalue weighted by Crippen LogP contribution is -2.62. The van der Waals surface area contributed by atoms with Gasteiger partial charge in [0, 0.05) is 31.5 Å². The molecule has 4 N–H and O–H groups in total. The number of ketones is 1. The predicted molar refractivity (Wildman–Crippen MR) is 201 cm³/mol. The molecule has 13 heteroatoms. The van der Waals surface area contributed by atoms with Crippen molar-refractivity contribution in [1.29, 1.82) is 0 Å². The Morgan fingerprint density at radius 1 is 0.981 bits per heavy atom. The minimum Gasteiger partial charge on any atom is -0.346 e. The van der Waals surface area contributed by atoms with E-state index in [0.29, 0.717) is 19.4 Å². The van der Waals surface area contributed by atoms with E-state index in [1.165, 1.54) is 11.0 Å². The van der Waals surface area contributed by atoms with E-state index in [1.807, 2.05) is 41.5 Å². The van der Waals surface area contributed by atoms with Crippen LogP contribution in [-0.4, -0.2) is 95.0 Å². The Bertz CT molecular complexity index is 1440. The van der Waals surface area contributed by atoms with Crippen LogP contribution in [-0.2, 0) is 28.8 Å². The number of likely N-dealkylation sites (tertiary alicyclic amines) is 2. The highest BCUT2D eigenvalue weighted by Gasteiger charge is 2.69. The molecule has 0 spiro atoms. The number of imide groups is 1. The third-order valence-corrected chi connectivity index (χ3v) is 12.3. The summed E-state index contributed by atoms with van der Waals surface area (Å²) in [6.07, 6.45) is 8.18. The van der Waals surface area contributed by atoms with Crippen molar-refractivity contribution in [2.45, 2.75) is 144 Å². The average Bonchev–Trinajstić information content (AvgIpc) is 3.40. The lowest BCUT2D eigenvalue weighted by Gasteiger charge is -2.41. The molecule has 2 saturated heterocycles. The summed E-state index contributed by atoms with van der Waals surface area (Å²) in [7, 11) is 0. The Kier molecular flexibility index (Phi) is 13.2. The third kappa shape index (κ3) is 9.49. The van der Waals surface area contributed by atoms with E-state index in [-0.39, 0.29) is 66.8 Å². The number of nitrogens with one attached hydrogen (secondary N) is 4. The maximum absolute atomic E-state index is 14.7. The van der Waals surface area contributed by atoms with Gasteiger partial charge < -0.3 is 26.2 Å². The molecule has 0 radical (unpaired) electrons. The van der Waals surface area contributed by atoms with Crippen LogP contribution < -0.4 is 21.3 Å². The number of rotatable bonds is 15. The molecule has 13 nitrogen and oxygen atoms in total. The van der Waals surface area contributed by atoms with E-state index in [2.05, 4.69) is 41.7 Å². The molecule has 1 unspecified atom stereocenters. The van der Waals surface area contributed by atoms with Crippen LogP contribution in [0.4, 0.5) is 4.79 Å². The van der Waals surface area contributed by atoms with Gasteiger partial charge >= 0.3 is 6.03 Å². The quantitative estimate of drug-likeness (QED) is 0.112. The van der Waals surface area contributed by atoms with Gasteiger partial charge in [0.1, 0.15) is 12.1 Å². The highest BCUT2D eigenvalue weighted by Crippen LogP contribution is 2.65. The van der Waals surface area contributed by atoms with Gasteiger partial charge in [0.2, 0.25) is 29.4 Å². The standard InChI is InChI=1S/C40H64N6O7/c1-10-12-18-26(32(48)34(50)41-21-11-2)42-33(49)31-29-25(40(29,8)9)22-46(31)35(51)30(24-16-14-13-15-17-24)44-37(53)43-27(38(3,4)5)23-45-28(47)19-20-39(6,7)36(45)52/h11,24-27,29-31H,2,10,12-23H2,1,3-9H3,(H,41,50)(H,42,49)(H2,43,44,53)/t25-,26?,27+,29-,30-,31-/m0/s1. The Balaban J connectivity index is 1.57. The average molecular weight is 741 g/mol. The smallest absolute Gasteiger partial charge is 0.315 e. The molecule has 0 aromatic carbocycles. The molecular formula is C40H64N6O7. The van der Waals surface area contributed by atoms with Crippen LogP contribution in [0, 0.1) is 34.0 Å². The van der Waals surface area contributed by atoms with Crippen LogP contribution in [0.5, 0.6) is 0 Å². The van der Waals surface area contributed by atoms with E-state index >= 15 is 0 Å². The molecule has 4 fully saturated rings. The SMILES string of the molecule is C=CCNC(=O)C(=O)C(CCCC)NC(=O)[C@@H]1[C@@H]2[C@H](CN1C(=O)[C@@H](NC(=O)N[C@H](CN1C(=O)CCC(C)(C)C1=O)C(C)(C)C)C1CCCCC1)C2(C)C. The Morgan fingerprint density at radius 3 is 2.25 bits per heavy atom. The van der Waals surface area contributed by atoms with E-state index in [9.17, 15) is 33.6 Å². The summed E-state index contributed by atoms with van der Waals surface area (Å²) < 4.78 is 0. The first kappa shape index (κ1) is 42.0. The molecule has 2 aliphatic carbocycles. The van der Waals surface area contributed by atoms with Gasteiger partial charge in [0.15, 0.2) is 0 Å². The van der Waals surface area contributed by atoms with Crippen molar-refractivity contribution in [1.82, 2.24) is 31.1 Å². The minimum atomic E-state index is -1.04. The number of piperidine rings is 2. The Labute approximate surface area is 315 Å². The van der Waals surface area contributed by atoms with Gasteiger partial charge in [-0.1, -0.05) is 93.6 Å². The van der Waals surface area contributed by atoms with Gasteiger partial charge in [-0.25, -0.2) is 4.79 Å². The van der Waals surface area contributed by atoms with Crippen molar-refractivity contribution in [3.05, 3.63) is 12.7 Å². The van der Waals surface area contributed by atoms with Crippen molar-refractivity contribution in [3.8, 4) is 0 Å². The van der Waals surface area contributed by atoms with Crippen LogP contribution >= 0.6 is 0 Å². The number of urea groups is 1. The fourth-order valence-corrected chi connectivity index (χ4v) is 8.57. The van der Waals surface area contributed by atoms with Crippen LogP contribution in [0.25, 0.3) is 0 Å². The first-order valence-electron chi connectivity index (χ1n) is 19.7. The van der Waals surface area contributed by atoms with E-state index in [1.54, 1.807) is 4.90 Å². The normalized spacial score (nSPS) is 25.4. The van der Waals surface area contributed by atoms with Gasteiger partial charge in [-0.05, 0) is 54.3 Å². The highest BCUT2D eigenvalue weighted by atomic mass is 16.2. The zero-order chi connectivity index (χ0) is 39.5. The zero-order valence-electron chi connectivity index (χ0n) is 33.3. The van der Waals surface area contributed by atoms with Crippen LogP contribution in [0.1, 0.15) is 120 Å². The molecule has 4 aliphatic rings. The van der Waals surface area contributed by atoms with Gasteiger partial charge in [0.05, 0.1) is 12.1 Å². The van der Waals surface area contributed by atoms with Gasteiger partial charge in [-0.15, -0.1) is 6.58 Å². The van der Waals surface area contributed by atoms with Crippen molar-refractivity contribution in [3.63, 3.8) is 0 Å². The fourth-order valence-electron chi connectivity index (χ4n) is 8.57. The molecule has 53 heavy (non-hydrogen) atoms. The predicted octanol–water partition coefficient (Wildman–Crippen LogP) is 3.85. The zero-order valence-corrected chi connectivity index (χ0v) is 33.3. The molecule has 2 heterocycles. The summed E-state index contributed by atoms with van der Waals surface area (Å²) in [5.41, 5.74) is -1.43. The van der Waals surface area contributed by atoms with E-state index < -0.39 is 58.6 Å². The Hall–Kier alpha value is -3.77.